The van der Waals surface area contributed by atoms with Gasteiger partial charge in [0.05, 0.1) is 37.7 Å². The number of nitrogens with two attached hydrogens (primary N) is 1. The monoisotopic (exact) mass is 680 g/mol. The van der Waals surface area contributed by atoms with Crippen LogP contribution >= 0.6 is 0 Å². The molecule has 0 aliphatic rings. The Morgan fingerprint density at radius 3 is 2.39 bits per heavy atom. The third kappa shape index (κ3) is 12.8. The van der Waals surface area contributed by atoms with Crippen LogP contribution in [-0.4, -0.2) is 67.0 Å². The molecule has 49 heavy (non-hydrogen) atoms. The number of benzene rings is 2. The number of nitrogens with one attached hydrogen (secondary N) is 2. The molecule has 3 aromatic rings. The molecule has 0 spiro atoms. The molecule has 0 unspecified atom stereocenters. The lowest BCUT2D eigenvalue weighted by Gasteiger charge is -2.29. The maximum absolute atomic E-state index is 13.5. The Balaban J connectivity index is 1.57. The molecule has 11 heteroatoms. The zero-order chi connectivity index (χ0) is 35.8. The van der Waals surface area contributed by atoms with E-state index in [1.165, 1.54) is 12.1 Å². The SMILES string of the molecule is CC[C@H](C)[C@H](NC(=O)[C@H](C[C@H](O)[C@@H](N)COCc1ccc(-c2ccccn2)c(OCCCOC)c1)C(C)C)C(=O)NCc1ccc(F)cc1. The van der Waals surface area contributed by atoms with Crippen molar-refractivity contribution in [3.05, 3.63) is 83.8 Å². The van der Waals surface area contributed by atoms with E-state index in [1.807, 2.05) is 64.1 Å². The largest absolute Gasteiger partial charge is 0.493 e. The minimum absolute atomic E-state index is 0.0703. The number of aromatic nitrogens is 1. The Kier molecular flexibility index (Phi) is 16.6. The van der Waals surface area contributed by atoms with Crippen molar-refractivity contribution in [2.24, 2.45) is 23.5 Å². The molecule has 0 radical (unpaired) electrons. The molecule has 2 amide bonds. The summed E-state index contributed by atoms with van der Waals surface area (Å²) in [6, 6.07) is 15.9. The van der Waals surface area contributed by atoms with Crippen molar-refractivity contribution in [1.82, 2.24) is 15.6 Å². The fraction of sp³-hybridized carbons (Fsp3) is 0.500. The van der Waals surface area contributed by atoms with Gasteiger partial charge in [-0.2, -0.15) is 0 Å². The highest BCUT2D eigenvalue weighted by Gasteiger charge is 2.32. The first-order chi connectivity index (χ1) is 23.5. The molecule has 0 saturated carbocycles. The molecule has 10 nitrogen and oxygen atoms in total. The molecule has 5 atom stereocenters. The number of halogens is 1. The Morgan fingerprint density at radius 1 is 1.00 bits per heavy atom. The standard InChI is InChI=1S/C38H53FN4O6/c1-6-26(4)36(38(46)42-22-27-11-14-29(39)15-12-27)43-37(45)31(25(2)3)21-34(44)32(40)24-48-23-28-13-16-30(33-10-7-8-17-41-33)35(20-28)49-19-9-18-47-5/h7-8,10-17,20,25-26,31-32,34,36,44H,6,9,18-19,21-24,40H2,1-5H3,(H,42,46)(H,43,45)/t26-,31+,32-,34-,36-/m0/s1. The fourth-order valence-electron chi connectivity index (χ4n) is 5.30. The van der Waals surface area contributed by atoms with Crippen LogP contribution in [0.5, 0.6) is 5.75 Å². The number of hydrogen-bond acceptors (Lipinski definition) is 8. The smallest absolute Gasteiger partial charge is 0.243 e. The number of hydrogen-bond donors (Lipinski definition) is 4. The predicted molar refractivity (Wildman–Crippen MR) is 188 cm³/mol. The van der Waals surface area contributed by atoms with Gasteiger partial charge in [0.15, 0.2) is 0 Å². The number of aliphatic hydroxyl groups excluding tert-OH is 1. The van der Waals surface area contributed by atoms with Gasteiger partial charge in [-0.15, -0.1) is 0 Å². The van der Waals surface area contributed by atoms with Crippen molar-refractivity contribution < 1.29 is 33.3 Å². The van der Waals surface area contributed by atoms with Crippen molar-refractivity contribution >= 4 is 11.8 Å². The van der Waals surface area contributed by atoms with Crippen LogP contribution in [0, 0.1) is 23.6 Å². The normalized spacial score (nSPS) is 14.5. The molecule has 0 saturated heterocycles. The van der Waals surface area contributed by atoms with E-state index < -0.39 is 24.1 Å². The van der Waals surface area contributed by atoms with E-state index in [1.54, 1.807) is 25.4 Å². The van der Waals surface area contributed by atoms with Gasteiger partial charge in [-0.1, -0.05) is 58.4 Å². The summed E-state index contributed by atoms with van der Waals surface area (Å²) in [6.45, 7) is 9.25. The van der Waals surface area contributed by atoms with Crippen molar-refractivity contribution in [2.75, 3.05) is 26.9 Å². The topological polar surface area (TPSA) is 145 Å². The van der Waals surface area contributed by atoms with Crippen LogP contribution in [0.2, 0.25) is 0 Å². The molecule has 268 valence electrons. The number of aliphatic hydroxyl groups is 1. The van der Waals surface area contributed by atoms with Gasteiger partial charge in [-0.05, 0) is 65.8 Å². The van der Waals surface area contributed by atoms with Gasteiger partial charge in [-0.3, -0.25) is 14.6 Å². The second-order valence-electron chi connectivity index (χ2n) is 12.8. The zero-order valence-corrected chi connectivity index (χ0v) is 29.4. The maximum Gasteiger partial charge on any atom is 0.243 e. The third-order valence-electron chi connectivity index (χ3n) is 8.62. The lowest BCUT2D eigenvalue weighted by Crippen LogP contribution is -2.52. The molecule has 2 aromatic carbocycles. The van der Waals surface area contributed by atoms with E-state index >= 15 is 0 Å². The van der Waals surface area contributed by atoms with E-state index in [0.29, 0.717) is 25.4 Å². The van der Waals surface area contributed by atoms with E-state index in [4.69, 9.17) is 19.9 Å². The van der Waals surface area contributed by atoms with E-state index in [-0.39, 0.29) is 55.6 Å². The number of carbonyl (C=O) groups is 2. The summed E-state index contributed by atoms with van der Waals surface area (Å²) in [5.74, 6) is -1.16. The second kappa shape index (κ2) is 20.6. The summed E-state index contributed by atoms with van der Waals surface area (Å²) in [4.78, 5) is 31.1. The molecule has 1 heterocycles. The number of pyridine rings is 1. The maximum atomic E-state index is 13.5. The van der Waals surface area contributed by atoms with Crippen LogP contribution in [0.15, 0.2) is 66.9 Å². The number of methoxy groups -OCH3 is 1. The first-order valence-corrected chi connectivity index (χ1v) is 17.0. The van der Waals surface area contributed by atoms with Crippen LogP contribution in [0.4, 0.5) is 4.39 Å². The van der Waals surface area contributed by atoms with Gasteiger partial charge in [0, 0.05) is 44.4 Å². The Bertz CT molecular complexity index is 1430. The minimum atomic E-state index is -1.02. The van der Waals surface area contributed by atoms with Crippen LogP contribution in [-0.2, 0) is 32.2 Å². The summed E-state index contributed by atoms with van der Waals surface area (Å²) in [5.41, 5.74) is 9.62. The van der Waals surface area contributed by atoms with Crippen molar-refractivity contribution in [2.45, 2.75) is 78.3 Å². The summed E-state index contributed by atoms with van der Waals surface area (Å²) in [5, 5.41) is 16.8. The Labute approximate surface area is 289 Å². The molecule has 0 aliphatic heterocycles. The highest BCUT2D eigenvalue weighted by molar-refractivity contribution is 5.88. The number of nitrogens with zero attached hydrogens (tertiary/aromatic N) is 1. The van der Waals surface area contributed by atoms with E-state index in [0.717, 1.165) is 28.8 Å². The number of carbonyl (C=O) groups excluding carboxylic acids is 2. The number of rotatable bonds is 21. The Morgan fingerprint density at radius 2 is 1.73 bits per heavy atom. The van der Waals surface area contributed by atoms with Crippen LogP contribution in [0.1, 0.15) is 58.1 Å². The number of ether oxygens (including phenoxy) is 3. The van der Waals surface area contributed by atoms with Crippen LogP contribution in [0.3, 0.4) is 0 Å². The molecule has 0 aliphatic carbocycles. The molecule has 0 fully saturated rings. The van der Waals surface area contributed by atoms with Gasteiger partial charge < -0.3 is 35.7 Å². The number of amides is 2. The second-order valence-corrected chi connectivity index (χ2v) is 12.8. The van der Waals surface area contributed by atoms with Gasteiger partial charge in [0.2, 0.25) is 11.8 Å². The van der Waals surface area contributed by atoms with Crippen molar-refractivity contribution in [3.8, 4) is 17.0 Å². The van der Waals surface area contributed by atoms with Gasteiger partial charge in [0.25, 0.3) is 0 Å². The summed E-state index contributed by atoms with van der Waals surface area (Å²) >= 11 is 0. The fourth-order valence-corrected chi connectivity index (χ4v) is 5.30. The quantitative estimate of drug-likeness (QED) is 0.115. The first kappa shape index (κ1) is 39.5. The Hall–Kier alpha value is -3.90. The zero-order valence-electron chi connectivity index (χ0n) is 29.4. The highest BCUT2D eigenvalue weighted by atomic mass is 19.1. The van der Waals surface area contributed by atoms with Crippen LogP contribution in [0.25, 0.3) is 11.3 Å². The van der Waals surface area contributed by atoms with Crippen molar-refractivity contribution in [3.63, 3.8) is 0 Å². The van der Waals surface area contributed by atoms with E-state index in [9.17, 15) is 19.1 Å². The predicted octanol–water partition coefficient (Wildman–Crippen LogP) is 5.02. The summed E-state index contributed by atoms with van der Waals surface area (Å²) in [6.07, 6.45) is 2.24. The summed E-state index contributed by atoms with van der Waals surface area (Å²) in [7, 11) is 1.65. The summed E-state index contributed by atoms with van der Waals surface area (Å²) < 4.78 is 30.4. The lowest BCUT2D eigenvalue weighted by molar-refractivity contribution is -0.134. The molecule has 5 N–H and O–H groups in total. The molecular weight excluding hydrogens is 627 g/mol. The average Bonchev–Trinajstić information content (AvgIpc) is 3.10. The molecular formula is C38H53FN4O6. The van der Waals surface area contributed by atoms with Crippen LogP contribution < -0.4 is 21.1 Å². The first-order valence-electron chi connectivity index (χ1n) is 17.0. The average molecular weight is 681 g/mol. The highest BCUT2D eigenvalue weighted by Crippen LogP contribution is 2.30. The van der Waals surface area contributed by atoms with Gasteiger partial charge in [0.1, 0.15) is 17.6 Å². The lowest BCUT2D eigenvalue weighted by atomic mass is 9.86. The molecule has 0 bridgehead atoms. The minimum Gasteiger partial charge on any atom is -0.493 e. The van der Waals surface area contributed by atoms with Gasteiger partial charge >= 0.3 is 0 Å². The van der Waals surface area contributed by atoms with E-state index in [2.05, 4.69) is 15.6 Å². The molecule has 3 rings (SSSR count). The third-order valence-corrected chi connectivity index (χ3v) is 8.62. The van der Waals surface area contributed by atoms with Crippen molar-refractivity contribution in [1.29, 1.82) is 0 Å². The van der Waals surface area contributed by atoms with Gasteiger partial charge in [-0.25, -0.2) is 4.39 Å². The molecule has 1 aromatic heterocycles.